The third-order valence-electron chi connectivity index (χ3n) is 5.01. The van der Waals surface area contributed by atoms with Crippen molar-refractivity contribution in [2.75, 3.05) is 11.9 Å². The maximum atomic E-state index is 12.6. The normalized spacial score (nSPS) is 15.8. The molecule has 1 heterocycles. The smallest absolute Gasteiger partial charge is 0.259 e. The van der Waals surface area contributed by atoms with Crippen LogP contribution < -0.4 is 5.32 Å². The molecule has 126 valence electrons. The summed E-state index contributed by atoms with van der Waals surface area (Å²) in [6.45, 7) is 3.96. The summed E-state index contributed by atoms with van der Waals surface area (Å²) in [6.07, 6.45) is 4.41. The zero-order chi connectivity index (χ0) is 17.4. The number of nitrogens with one attached hydrogen (secondary N) is 1. The zero-order valence-corrected chi connectivity index (χ0v) is 14.0. The molecule has 1 aliphatic heterocycles. The van der Waals surface area contributed by atoms with E-state index in [9.17, 15) is 9.59 Å². The molecule has 4 heteroatoms. The van der Waals surface area contributed by atoms with E-state index < -0.39 is 0 Å². The molecule has 0 unspecified atom stereocenters. The van der Waals surface area contributed by atoms with E-state index in [1.165, 1.54) is 22.4 Å². The van der Waals surface area contributed by atoms with Gasteiger partial charge in [-0.15, -0.1) is 0 Å². The third-order valence-corrected chi connectivity index (χ3v) is 5.01. The highest BCUT2D eigenvalue weighted by Crippen LogP contribution is 2.31. The number of fused-ring (bicyclic) bond motifs is 2. The number of carbonyl (C=O) groups excluding carboxylic acids is 2. The Kier molecular flexibility index (Phi) is 3.88. The molecule has 0 spiro atoms. The van der Waals surface area contributed by atoms with Crippen molar-refractivity contribution in [1.29, 1.82) is 0 Å². The Balaban J connectivity index is 1.51. The van der Waals surface area contributed by atoms with Crippen LogP contribution in [0.3, 0.4) is 0 Å². The van der Waals surface area contributed by atoms with Gasteiger partial charge in [0.05, 0.1) is 0 Å². The number of hydrogen-bond donors (Lipinski definition) is 1. The molecule has 2 aliphatic rings. The van der Waals surface area contributed by atoms with Gasteiger partial charge < -0.3 is 5.32 Å². The van der Waals surface area contributed by atoms with Gasteiger partial charge in [0.1, 0.15) is 6.54 Å². The molecular formula is C21H20N2O2. The van der Waals surface area contributed by atoms with Gasteiger partial charge in [-0.2, -0.15) is 0 Å². The van der Waals surface area contributed by atoms with Crippen LogP contribution in [-0.2, 0) is 17.6 Å². The minimum absolute atomic E-state index is 0.0178. The molecule has 4 rings (SSSR count). The standard InChI is InChI=1S/C21H20N2O2/c1-14-16-9-4-5-11-18(16)21(25)23(14)13-20(24)22-19-12-6-8-15-7-2-3-10-17(15)19/h4-6,8-9,11-12H,1-3,7,10,13H2,(H,22,24). The van der Waals surface area contributed by atoms with E-state index in [1.807, 2.05) is 30.3 Å². The molecular weight excluding hydrogens is 312 g/mol. The maximum absolute atomic E-state index is 12.6. The van der Waals surface area contributed by atoms with Crippen LogP contribution in [-0.4, -0.2) is 23.3 Å². The first-order valence-electron chi connectivity index (χ1n) is 8.66. The van der Waals surface area contributed by atoms with Crippen molar-refractivity contribution in [1.82, 2.24) is 4.90 Å². The van der Waals surface area contributed by atoms with Gasteiger partial charge in [-0.3, -0.25) is 14.5 Å². The van der Waals surface area contributed by atoms with E-state index in [0.717, 1.165) is 30.5 Å². The second kappa shape index (κ2) is 6.20. The summed E-state index contributed by atoms with van der Waals surface area (Å²) >= 11 is 0. The monoisotopic (exact) mass is 332 g/mol. The Bertz CT molecular complexity index is 850. The van der Waals surface area contributed by atoms with Crippen molar-refractivity contribution >= 4 is 23.2 Å². The molecule has 0 aromatic heterocycles. The summed E-state index contributed by atoms with van der Waals surface area (Å²) < 4.78 is 0. The molecule has 1 N–H and O–H groups in total. The molecule has 0 saturated heterocycles. The van der Waals surface area contributed by atoms with E-state index in [2.05, 4.69) is 18.0 Å². The first kappa shape index (κ1) is 15.6. The number of carbonyl (C=O) groups is 2. The Morgan fingerprint density at radius 2 is 1.80 bits per heavy atom. The zero-order valence-electron chi connectivity index (χ0n) is 14.0. The highest BCUT2D eigenvalue weighted by molar-refractivity contribution is 6.11. The second-order valence-electron chi connectivity index (χ2n) is 6.58. The van der Waals surface area contributed by atoms with Crippen molar-refractivity contribution in [3.05, 3.63) is 71.3 Å². The number of aryl methyl sites for hydroxylation is 1. The lowest BCUT2D eigenvalue weighted by molar-refractivity contribution is -0.116. The average Bonchev–Trinajstić information content (AvgIpc) is 2.87. The fourth-order valence-electron chi connectivity index (χ4n) is 3.73. The lowest BCUT2D eigenvalue weighted by Gasteiger charge is -2.21. The van der Waals surface area contributed by atoms with Gasteiger partial charge in [0.15, 0.2) is 0 Å². The Labute approximate surface area is 147 Å². The second-order valence-corrected chi connectivity index (χ2v) is 6.58. The Morgan fingerprint density at radius 3 is 2.60 bits per heavy atom. The molecule has 2 aromatic rings. The molecule has 4 nitrogen and oxygen atoms in total. The Hall–Kier alpha value is -2.88. The molecule has 2 aromatic carbocycles. The van der Waals surface area contributed by atoms with Crippen molar-refractivity contribution in [2.45, 2.75) is 25.7 Å². The molecule has 0 atom stereocenters. The molecule has 0 bridgehead atoms. The van der Waals surface area contributed by atoms with Crippen LogP contribution in [0.4, 0.5) is 5.69 Å². The van der Waals surface area contributed by atoms with Crippen LogP contribution in [0, 0.1) is 0 Å². The molecule has 2 amide bonds. The third kappa shape index (κ3) is 2.74. The number of benzene rings is 2. The van der Waals surface area contributed by atoms with Crippen LogP contribution >= 0.6 is 0 Å². The van der Waals surface area contributed by atoms with Crippen LogP contribution in [0.1, 0.15) is 39.9 Å². The summed E-state index contributed by atoms with van der Waals surface area (Å²) in [5.74, 6) is -0.355. The first-order valence-corrected chi connectivity index (χ1v) is 8.66. The molecule has 25 heavy (non-hydrogen) atoms. The summed E-state index contributed by atoms with van der Waals surface area (Å²) in [6, 6.07) is 13.4. The maximum Gasteiger partial charge on any atom is 0.259 e. The summed E-state index contributed by atoms with van der Waals surface area (Å²) in [7, 11) is 0. The first-order chi connectivity index (χ1) is 12.1. The van der Waals surface area contributed by atoms with Crippen LogP contribution in [0.25, 0.3) is 5.70 Å². The van der Waals surface area contributed by atoms with Gasteiger partial charge in [0, 0.05) is 22.5 Å². The minimum atomic E-state index is -0.193. The van der Waals surface area contributed by atoms with E-state index in [1.54, 1.807) is 6.07 Å². The predicted octanol–water partition coefficient (Wildman–Crippen LogP) is 3.63. The summed E-state index contributed by atoms with van der Waals surface area (Å²) in [5, 5.41) is 2.99. The number of anilines is 1. The molecule has 0 fully saturated rings. The van der Waals surface area contributed by atoms with Gasteiger partial charge in [-0.25, -0.2) is 0 Å². The predicted molar refractivity (Wildman–Crippen MR) is 98.2 cm³/mol. The van der Waals surface area contributed by atoms with Gasteiger partial charge in [0.25, 0.3) is 5.91 Å². The highest BCUT2D eigenvalue weighted by Gasteiger charge is 2.32. The lowest BCUT2D eigenvalue weighted by atomic mass is 9.90. The highest BCUT2D eigenvalue weighted by atomic mass is 16.2. The van der Waals surface area contributed by atoms with E-state index in [-0.39, 0.29) is 18.4 Å². The van der Waals surface area contributed by atoms with Gasteiger partial charge in [-0.05, 0) is 48.9 Å². The van der Waals surface area contributed by atoms with Crippen molar-refractivity contribution < 1.29 is 9.59 Å². The summed E-state index contributed by atoms with van der Waals surface area (Å²) in [4.78, 5) is 26.5. The lowest BCUT2D eigenvalue weighted by Crippen LogP contribution is -2.33. The quantitative estimate of drug-likeness (QED) is 0.933. The van der Waals surface area contributed by atoms with Crippen LogP contribution in [0.5, 0.6) is 0 Å². The largest absolute Gasteiger partial charge is 0.324 e. The van der Waals surface area contributed by atoms with Gasteiger partial charge >= 0.3 is 0 Å². The topological polar surface area (TPSA) is 49.4 Å². The van der Waals surface area contributed by atoms with Crippen LogP contribution in [0.2, 0.25) is 0 Å². The van der Waals surface area contributed by atoms with Crippen molar-refractivity contribution in [3.8, 4) is 0 Å². The van der Waals surface area contributed by atoms with Gasteiger partial charge in [0.2, 0.25) is 5.91 Å². The fraction of sp³-hybridized carbons (Fsp3) is 0.238. The molecule has 1 aliphatic carbocycles. The number of nitrogens with zero attached hydrogens (tertiary/aromatic N) is 1. The number of rotatable bonds is 3. The van der Waals surface area contributed by atoms with Crippen LogP contribution in [0.15, 0.2) is 49.0 Å². The fourth-order valence-corrected chi connectivity index (χ4v) is 3.73. The van der Waals surface area contributed by atoms with Crippen molar-refractivity contribution in [2.24, 2.45) is 0 Å². The Morgan fingerprint density at radius 1 is 1.04 bits per heavy atom. The van der Waals surface area contributed by atoms with Gasteiger partial charge in [-0.1, -0.05) is 36.9 Å². The van der Waals surface area contributed by atoms with E-state index in [0.29, 0.717) is 11.3 Å². The van der Waals surface area contributed by atoms with Crippen molar-refractivity contribution in [3.63, 3.8) is 0 Å². The van der Waals surface area contributed by atoms with E-state index >= 15 is 0 Å². The number of hydrogen-bond acceptors (Lipinski definition) is 2. The minimum Gasteiger partial charge on any atom is -0.324 e. The molecule has 0 radical (unpaired) electrons. The molecule has 0 saturated carbocycles. The summed E-state index contributed by atoms with van der Waals surface area (Å²) in [5.41, 5.74) is 5.42. The average molecular weight is 332 g/mol. The van der Waals surface area contributed by atoms with E-state index in [4.69, 9.17) is 0 Å². The number of amides is 2. The SMILES string of the molecule is C=C1c2ccccc2C(=O)N1CC(=O)Nc1cccc2c1CCCC2.